The van der Waals surface area contributed by atoms with Gasteiger partial charge < -0.3 is 4.52 Å². The maximum Gasteiger partial charge on any atom is 0.261 e. The van der Waals surface area contributed by atoms with Crippen molar-refractivity contribution < 1.29 is 13.9 Å². The number of benzene rings is 3. The summed E-state index contributed by atoms with van der Waals surface area (Å²) < 4.78 is 19.7. The molecule has 3 aromatic rings. The minimum Gasteiger partial charge on any atom is -0.322 e. The summed E-state index contributed by atoms with van der Waals surface area (Å²) in [5.41, 5.74) is 4.01. The van der Waals surface area contributed by atoms with Crippen molar-refractivity contribution in [2.45, 2.75) is 27.2 Å². The molecule has 0 N–H and O–H groups in total. The highest BCUT2D eigenvalue weighted by Crippen LogP contribution is 2.44. The lowest BCUT2D eigenvalue weighted by Crippen LogP contribution is -2.19. The molecule has 0 bridgehead atoms. The maximum atomic E-state index is 13.8. The molecule has 0 fully saturated rings. The van der Waals surface area contributed by atoms with Crippen LogP contribution in [0.25, 0.3) is 0 Å². The van der Waals surface area contributed by atoms with E-state index in [2.05, 4.69) is 0 Å². The lowest BCUT2D eigenvalue weighted by molar-refractivity contribution is 0.0963. The average Bonchev–Trinajstić information content (AvgIpc) is 2.73. The zero-order valence-corrected chi connectivity index (χ0v) is 17.4. The van der Waals surface area contributed by atoms with Gasteiger partial charge in [-0.3, -0.25) is 9.36 Å². The van der Waals surface area contributed by atoms with E-state index in [1.54, 1.807) is 0 Å². The molecule has 0 aromatic heterocycles. The number of hydrogen-bond donors (Lipinski definition) is 0. The highest BCUT2D eigenvalue weighted by Gasteiger charge is 2.28. The van der Waals surface area contributed by atoms with Crippen molar-refractivity contribution in [3.05, 3.63) is 95.1 Å². The Bertz CT molecular complexity index is 967. The number of ketones is 1. The summed E-state index contributed by atoms with van der Waals surface area (Å²) in [6, 6.07) is 22.2. The fourth-order valence-corrected chi connectivity index (χ4v) is 5.28. The molecular weight excluding hydrogens is 367 g/mol. The van der Waals surface area contributed by atoms with Gasteiger partial charge in [-0.2, -0.15) is 0 Å². The molecule has 0 aliphatic carbocycles. The molecule has 0 aliphatic rings. The smallest absolute Gasteiger partial charge is 0.261 e. The van der Waals surface area contributed by atoms with Gasteiger partial charge in [-0.15, -0.1) is 0 Å². The molecule has 0 aliphatic heterocycles. The topological polar surface area (TPSA) is 43.4 Å². The zero-order valence-electron chi connectivity index (χ0n) is 16.5. The zero-order chi connectivity index (χ0) is 20.1. The molecule has 0 unspecified atom stereocenters. The van der Waals surface area contributed by atoms with Gasteiger partial charge in [0.15, 0.2) is 5.78 Å². The molecule has 4 heteroatoms. The summed E-state index contributed by atoms with van der Waals surface area (Å²) in [6.07, 6.45) is 0.187. The molecule has 0 radical (unpaired) electrons. The Morgan fingerprint density at radius 2 is 1.32 bits per heavy atom. The Balaban J connectivity index is 1.80. The average molecular weight is 392 g/mol. The van der Waals surface area contributed by atoms with Gasteiger partial charge in [0.05, 0.1) is 6.61 Å². The van der Waals surface area contributed by atoms with E-state index in [1.165, 1.54) is 5.56 Å². The Hall–Kier alpha value is -2.48. The summed E-state index contributed by atoms with van der Waals surface area (Å²) in [5, 5.41) is 1.27. The van der Waals surface area contributed by atoms with Gasteiger partial charge in [-0.05, 0) is 61.7 Å². The fraction of sp³-hybridized carbons (Fsp3) is 0.208. The van der Waals surface area contributed by atoms with Gasteiger partial charge in [0, 0.05) is 22.6 Å². The maximum absolute atomic E-state index is 13.8. The second kappa shape index (κ2) is 8.68. The van der Waals surface area contributed by atoms with Crippen LogP contribution in [0.5, 0.6) is 0 Å². The summed E-state index contributed by atoms with van der Waals surface area (Å²) in [7, 11) is -3.25. The van der Waals surface area contributed by atoms with Crippen molar-refractivity contribution in [2.24, 2.45) is 0 Å². The van der Waals surface area contributed by atoms with Crippen molar-refractivity contribution in [1.82, 2.24) is 0 Å². The number of hydrogen-bond acceptors (Lipinski definition) is 3. The molecule has 0 saturated heterocycles. The largest absolute Gasteiger partial charge is 0.322 e. The monoisotopic (exact) mass is 392 g/mol. The number of carbonyl (C=O) groups is 1. The van der Waals surface area contributed by atoms with Crippen LogP contribution >= 0.6 is 7.37 Å². The van der Waals surface area contributed by atoms with Gasteiger partial charge in [-0.25, -0.2) is 0 Å². The van der Waals surface area contributed by atoms with Crippen LogP contribution in [0, 0.1) is 20.8 Å². The van der Waals surface area contributed by atoms with Gasteiger partial charge in [0.2, 0.25) is 0 Å². The number of carbonyl (C=O) groups excluding carboxylic acids is 1. The second-order valence-corrected chi connectivity index (χ2v) is 9.30. The Morgan fingerprint density at radius 1 is 0.786 bits per heavy atom. The minimum absolute atomic E-state index is 0.00766. The van der Waals surface area contributed by atoms with E-state index in [1.807, 2.05) is 93.6 Å². The fourth-order valence-electron chi connectivity index (χ4n) is 3.21. The van der Waals surface area contributed by atoms with Crippen LogP contribution in [0.3, 0.4) is 0 Å². The Morgan fingerprint density at radius 3 is 1.86 bits per heavy atom. The molecule has 0 heterocycles. The highest BCUT2D eigenvalue weighted by atomic mass is 31.2. The molecule has 0 atom stereocenters. The first-order valence-electron chi connectivity index (χ1n) is 9.39. The third-order valence-electron chi connectivity index (χ3n) is 5.15. The first-order valence-corrected chi connectivity index (χ1v) is 11.0. The molecule has 28 heavy (non-hydrogen) atoms. The van der Waals surface area contributed by atoms with Crippen LogP contribution < -0.4 is 10.6 Å². The SMILES string of the molecule is Cc1ccc(C(=O)CCOP(=O)(c2ccccc2)c2ccccc2)c(C)c1C. The van der Waals surface area contributed by atoms with E-state index in [4.69, 9.17) is 4.52 Å². The van der Waals surface area contributed by atoms with Gasteiger partial charge >= 0.3 is 0 Å². The van der Waals surface area contributed by atoms with Crippen molar-refractivity contribution in [1.29, 1.82) is 0 Å². The van der Waals surface area contributed by atoms with Gasteiger partial charge in [-0.1, -0.05) is 48.5 Å². The molecular formula is C24H25O3P. The van der Waals surface area contributed by atoms with Crippen molar-refractivity contribution >= 4 is 23.8 Å². The second-order valence-electron chi connectivity index (χ2n) is 6.91. The molecule has 0 amide bonds. The van der Waals surface area contributed by atoms with Crippen LogP contribution in [0.2, 0.25) is 0 Å². The molecule has 3 aromatic carbocycles. The predicted molar refractivity (Wildman–Crippen MR) is 115 cm³/mol. The standard InChI is InChI=1S/C24H25O3P/c1-18-14-15-23(20(3)19(18)2)24(25)16-17-27-28(26,21-10-6-4-7-11-21)22-12-8-5-9-13-22/h4-15H,16-17H2,1-3H3. The lowest BCUT2D eigenvalue weighted by Gasteiger charge is -2.19. The molecule has 0 spiro atoms. The van der Waals surface area contributed by atoms with E-state index in [-0.39, 0.29) is 18.8 Å². The lowest BCUT2D eigenvalue weighted by atomic mass is 9.95. The van der Waals surface area contributed by atoms with Gasteiger partial charge in [0.25, 0.3) is 7.37 Å². The third kappa shape index (κ3) is 4.16. The van der Waals surface area contributed by atoms with E-state index in [9.17, 15) is 9.36 Å². The summed E-state index contributed by atoms with van der Waals surface area (Å²) >= 11 is 0. The van der Waals surface area contributed by atoms with Crippen molar-refractivity contribution in [3.8, 4) is 0 Å². The summed E-state index contributed by atoms with van der Waals surface area (Å²) in [6.45, 7) is 6.13. The molecule has 144 valence electrons. The minimum atomic E-state index is -3.25. The number of rotatable bonds is 7. The van der Waals surface area contributed by atoms with E-state index < -0.39 is 7.37 Å². The van der Waals surface area contributed by atoms with Crippen LogP contribution in [-0.4, -0.2) is 12.4 Å². The summed E-state index contributed by atoms with van der Waals surface area (Å²) in [4.78, 5) is 12.7. The van der Waals surface area contributed by atoms with E-state index in [0.717, 1.165) is 11.1 Å². The van der Waals surface area contributed by atoms with Crippen LogP contribution in [0.1, 0.15) is 33.5 Å². The molecule has 3 rings (SSSR count). The van der Waals surface area contributed by atoms with Crippen molar-refractivity contribution in [3.63, 3.8) is 0 Å². The van der Waals surface area contributed by atoms with Crippen LogP contribution in [0.4, 0.5) is 0 Å². The predicted octanol–water partition coefficient (Wildman–Crippen LogP) is 5.13. The molecule has 0 saturated carbocycles. The number of aryl methyl sites for hydroxylation is 1. The highest BCUT2D eigenvalue weighted by molar-refractivity contribution is 7.74. The van der Waals surface area contributed by atoms with Crippen molar-refractivity contribution in [2.75, 3.05) is 6.61 Å². The first-order chi connectivity index (χ1) is 13.4. The quantitative estimate of drug-likeness (QED) is 0.414. The Kier molecular flexibility index (Phi) is 6.28. The van der Waals surface area contributed by atoms with Crippen LogP contribution in [0.15, 0.2) is 72.8 Å². The normalized spacial score (nSPS) is 11.4. The van der Waals surface area contributed by atoms with Gasteiger partial charge in [0.1, 0.15) is 0 Å². The Labute approximate surface area is 166 Å². The number of Topliss-reactive ketones (excluding diaryl/α,β-unsaturated/α-hetero) is 1. The van der Waals surface area contributed by atoms with E-state index in [0.29, 0.717) is 16.2 Å². The first kappa shape index (κ1) is 20.3. The third-order valence-corrected chi connectivity index (χ3v) is 7.65. The molecule has 3 nitrogen and oxygen atoms in total. The summed E-state index contributed by atoms with van der Waals surface area (Å²) in [5.74, 6) is 0.00766. The van der Waals surface area contributed by atoms with E-state index >= 15 is 0 Å². The van der Waals surface area contributed by atoms with Crippen LogP contribution in [-0.2, 0) is 9.09 Å².